The molecule has 4 N–H and O–H groups in total. The van der Waals surface area contributed by atoms with Gasteiger partial charge in [-0.05, 0) is 24.6 Å². The quantitative estimate of drug-likeness (QED) is 0.660. The van der Waals surface area contributed by atoms with Crippen molar-refractivity contribution in [2.24, 2.45) is 5.73 Å². The smallest absolute Gasteiger partial charge is 0.237 e. The third-order valence-corrected chi connectivity index (χ3v) is 4.29. The van der Waals surface area contributed by atoms with E-state index in [0.29, 0.717) is 0 Å². The number of alkyl halides is 2. The van der Waals surface area contributed by atoms with E-state index >= 15 is 0 Å². The number of hydrogen-bond donors (Lipinski definition) is 3. The highest BCUT2D eigenvalue weighted by Crippen LogP contribution is 2.20. The van der Waals surface area contributed by atoms with Gasteiger partial charge < -0.3 is 16.2 Å². The number of carbonyl (C=O) groups excluding carboxylic acids is 1. The number of amides is 1. The van der Waals surface area contributed by atoms with Crippen LogP contribution >= 0.6 is 0 Å². The summed E-state index contributed by atoms with van der Waals surface area (Å²) in [6.45, 7) is 0.373. The highest BCUT2D eigenvalue weighted by Gasteiger charge is 2.24. The molecule has 0 aliphatic carbocycles. The molecule has 1 amide bonds. The molecule has 0 aliphatic heterocycles. The summed E-state index contributed by atoms with van der Waals surface area (Å²) >= 11 is 0. The van der Waals surface area contributed by atoms with Crippen LogP contribution in [0, 0.1) is 0 Å². The van der Waals surface area contributed by atoms with Gasteiger partial charge in [0, 0.05) is 0 Å². The Bertz CT molecular complexity index is 605. The molecule has 124 valence electrons. The van der Waals surface area contributed by atoms with Gasteiger partial charge in [0.1, 0.15) is 12.8 Å². The maximum Gasteiger partial charge on any atom is 0.237 e. The van der Waals surface area contributed by atoms with Crippen molar-refractivity contribution >= 4 is 15.7 Å². The third kappa shape index (κ3) is 4.46. The van der Waals surface area contributed by atoms with Crippen molar-refractivity contribution in [1.82, 2.24) is 5.32 Å². The maximum atomic E-state index is 13.0. The van der Waals surface area contributed by atoms with Crippen LogP contribution in [0.2, 0.25) is 0 Å². The van der Waals surface area contributed by atoms with Gasteiger partial charge in [0.2, 0.25) is 15.7 Å². The van der Waals surface area contributed by atoms with Crippen LogP contribution in [0.1, 0.15) is 18.6 Å². The molecule has 9 heteroatoms. The van der Waals surface area contributed by atoms with Crippen LogP contribution in [-0.4, -0.2) is 44.2 Å². The van der Waals surface area contributed by atoms with Crippen LogP contribution in [0.4, 0.5) is 8.78 Å². The van der Waals surface area contributed by atoms with Gasteiger partial charge in [-0.2, -0.15) is 0 Å². The largest absolute Gasteiger partial charge is 0.386 e. The molecule has 0 bridgehead atoms. The van der Waals surface area contributed by atoms with Crippen molar-refractivity contribution in [3.05, 3.63) is 29.8 Å². The standard InChI is InChI=1S/C13H18F2N2O4S/c1-8(16)13(19)17-11(6-14)12(18)9-2-4-10(5-3-9)22(20,21)7-15/h2-5,8,11-12,18H,6-7,16H2,1H3,(H,17,19)/t8-,11-,12-/m1/s1. The first-order chi connectivity index (χ1) is 10.2. The van der Waals surface area contributed by atoms with Crippen molar-refractivity contribution < 1.29 is 27.1 Å². The number of aliphatic hydroxyl groups excluding tert-OH is 1. The highest BCUT2D eigenvalue weighted by atomic mass is 32.2. The molecular formula is C13H18F2N2O4S. The van der Waals surface area contributed by atoms with E-state index in [-0.39, 0.29) is 10.5 Å². The molecule has 0 aliphatic rings. The number of benzene rings is 1. The summed E-state index contributed by atoms with van der Waals surface area (Å²) in [4.78, 5) is 11.2. The Hall–Kier alpha value is -1.58. The number of nitrogens with two attached hydrogens (primary N) is 1. The molecule has 0 radical (unpaired) electrons. The summed E-state index contributed by atoms with van der Waals surface area (Å²) in [7, 11) is -4.01. The number of rotatable bonds is 7. The van der Waals surface area contributed by atoms with Crippen molar-refractivity contribution in [1.29, 1.82) is 0 Å². The normalized spacial score (nSPS) is 15.9. The predicted molar refractivity (Wildman–Crippen MR) is 76.1 cm³/mol. The summed E-state index contributed by atoms with van der Waals surface area (Å²) < 4.78 is 48.0. The van der Waals surface area contributed by atoms with Crippen LogP contribution in [0.25, 0.3) is 0 Å². The molecule has 3 atom stereocenters. The van der Waals surface area contributed by atoms with Gasteiger partial charge >= 0.3 is 0 Å². The minimum Gasteiger partial charge on any atom is -0.386 e. The van der Waals surface area contributed by atoms with Gasteiger partial charge in [0.15, 0.2) is 6.01 Å². The van der Waals surface area contributed by atoms with E-state index < -0.39 is 46.6 Å². The monoisotopic (exact) mass is 336 g/mol. The van der Waals surface area contributed by atoms with Gasteiger partial charge in [0.25, 0.3) is 0 Å². The maximum absolute atomic E-state index is 13.0. The Morgan fingerprint density at radius 1 is 1.32 bits per heavy atom. The van der Waals surface area contributed by atoms with E-state index in [4.69, 9.17) is 5.73 Å². The van der Waals surface area contributed by atoms with Gasteiger partial charge in [-0.3, -0.25) is 4.79 Å². The molecule has 0 spiro atoms. The SMILES string of the molecule is C[C@@H](N)C(=O)N[C@H](CF)[C@H](O)c1ccc(S(=O)(=O)CF)cc1. The average Bonchev–Trinajstić information content (AvgIpc) is 2.51. The van der Waals surface area contributed by atoms with Crippen LogP contribution in [0.3, 0.4) is 0 Å². The zero-order valence-electron chi connectivity index (χ0n) is 11.9. The molecule has 0 fully saturated rings. The van der Waals surface area contributed by atoms with Crippen molar-refractivity contribution in [2.45, 2.75) is 30.0 Å². The Morgan fingerprint density at radius 3 is 2.27 bits per heavy atom. The molecule has 0 saturated heterocycles. The first-order valence-corrected chi connectivity index (χ1v) is 8.06. The van der Waals surface area contributed by atoms with E-state index in [1.807, 2.05) is 0 Å². The molecule has 0 saturated carbocycles. The number of hydrogen-bond acceptors (Lipinski definition) is 5. The van der Waals surface area contributed by atoms with Crippen LogP contribution in [0.15, 0.2) is 29.2 Å². The zero-order chi connectivity index (χ0) is 16.9. The lowest BCUT2D eigenvalue weighted by atomic mass is 10.0. The predicted octanol–water partition coefficient (Wildman–Crippen LogP) is 0.222. The molecule has 0 heterocycles. The second kappa shape index (κ2) is 7.61. The lowest BCUT2D eigenvalue weighted by Crippen LogP contribution is -2.47. The molecule has 0 aromatic heterocycles. The summed E-state index contributed by atoms with van der Waals surface area (Å²) in [6, 6.07) is 1.06. The Morgan fingerprint density at radius 2 is 1.86 bits per heavy atom. The van der Waals surface area contributed by atoms with Gasteiger partial charge in [-0.1, -0.05) is 12.1 Å². The van der Waals surface area contributed by atoms with E-state index in [2.05, 4.69) is 5.32 Å². The van der Waals surface area contributed by atoms with E-state index in [0.717, 1.165) is 12.1 Å². The first-order valence-electron chi connectivity index (χ1n) is 6.41. The van der Waals surface area contributed by atoms with E-state index in [1.54, 1.807) is 0 Å². The molecule has 1 rings (SSSR count). The number of sulfone groups is 1. The molecule has 0 unspecified atom stereocenters. The molecular weight excluding hydrogens is 318 g/mol. The fourth-order valence-corrected chi connectivity index (χ4v) is 2.36. The molecule has 22 heavy (non-hydrogen) atoms. The molecule has 6 nitrogen and oxygen atoms in total. The fraction of sp³-hybridized carbons (Fsp3) is 0.462. The second-order valence-electron chi connectivity index (χ2n) is 4.80. The lowest BCUT2D eigenvalue weighted by Gasteiger charge is -2.23. The van der Waals surface area contributed by atoms with Crippen molar-refractivity contribution in [2.75, 3.05) is 12.7 Å². The number of aliphatic hydroxyl groups is 1. The van der Waals surface area contributed by atoms with Gasteiger partial charge in [-0.25, -0.2) is 17.2 Å². The minimum absolute atomic E-state index is 0.186. The number of halogens is 2. The third-order valence-electron chi connectivity index (χ3n) is 3.01. The van der Waals surface area contributed by atoms with Crippen LogP contribution < -0.4 is 11.1 Å². The van der Waals surface area contributed by atoms with Crippen molar-refractivity contribution in [3.63, 3.8) is 0 Å². The summed E-state index contributed by atoms with van der Waals surface area (Å²) in [5.74, 6) is -0.627. The topological polar surface area (TPSA) is 109 Å². The summed E-state index contributed by atoms with van der Waals surface area (Å²) in [5, 5.41) is 12.3. The molecule has 1 aromatic rings. The Labute approximate surface area is 127 Å². The number of carbonyl (C=O) groups is 1. The van der Waals surface area contributed by atoms with Gasteiger partial charge in [-0.15, -0.1) is 0 Å². The van der Waals surface area contributed by atoms with E-state index in [1.165, 1.54) is 19.1 Å². The summed E-state index contributed by atoms with van der Waals surface area (Å²) in [5.41, 5.74) is 5.53. The average molecular weight is 336 g/mol. The Balaban J connectivity index is 2.92. The van der Waals surface area contributed by atoms with Crippen LogP contribution in [-0.2, 0) is 14.6 Å². The van der Waals surface area contributed by atoms with E-state index in [9.17, 15) is 27.1 Å². The Kier molecular flexibility index (Phi) is 6.39. The van der Waals surface area contributed by atoms with Gasteiger partial charge in [0.05, 0.1) is 17.0 Å². The lowest BCUT2D eigenvalue weighted by molar-refractivity contribution is -0.123. The van der Waals surface area contributed by atoms with Crippen molar-refractivity contribution in [3.8, 4) is 0 Å². The fourth-order valence-electron chi connectivity index (χ4n) is 1.68. The minimum atomic E-state index is -4.01. The first kappa shape index (κ1) is 18.5. The zero-order valence-corrected chi connectivity index (χ0v) is 12.7. The van der Waals surface area contributed by atoms with Crippen LogP contribution in [0.5, 0.6) is 0 Å². The molecule has 1 aromatic carbocycles. The highest BCUT2D eigenvalue weighted by molar-refractivity contribution is 7.91. The summed E-state index contributed by atoms with van der Waals surface area (Å²) in [6.07, 6.45) is -1.39. The number of nitrogens with one attached hydrogen (secondary N) is 1. The second-order valence-corrected chi connectivity index (χ2v) is 6.71.